The van der Waals surface area contributed by atoms with Gasteiger partial charge in [-0.15, -0.1) is 0 Å². The van der Waals surface area contributed by atoms with E-state index < -0.39 is 10.0 Å². The Bertz CT molecular complexity index is 297. The van der Waals surface area contributed by atoms with Gasteiger partial charge in [-0.1, -0.05) is 20.3 Å². The third kappa shape index (κ3) is 4.39. The highest BCUT2D eigenvalue weighted by molar-refractivity contribution is 7.89. The summed E-state index contributed by atoms with van der Waals surface area (Å²) in [6.07, 6.45) is 3.63. The molecule has 0 aromatic carbocycles. The van der Waals surface area contributed by atoms with Crippen LogP contribution in [0.5, 0.6) is 0 Å². The maximum atomic E-state index is 11.9. The highest BCUT2D eigenvalue weighted by Crippen LogP contribution is 2.27. The van der Waals surface area contributed by atoms with Crippen molar-refractivity contribution in [1.82, 2.24) is 9.62 Å². The molecule has 1 N–H and O–H groups in total. The van der Waals surface area contributed by atoms with Crippen LogP contribution in [0, 0.1) is 5.92 Å². The molecule has 0 heterocycles. The van der Waals surface area contributed by atoms with E-state index in [1.54, 1.807) is 7.05 Å². The van der Waals surface area contributed by atoms with Crippen LogP contribution in [0.25, 0.3) is 0 Å². The average molecular weight is 248 g/mol. The molecule has 1 fully saturated rings. The van der Waals surface area contributed by atoms with Crippen LogP contribution in [0.2, 0.25) is 0 Å². The lowest BCUT2D eigenvalue weighted by Gasteiger charge is -2.29. The maximum absolute atomic E-state index is 11.9. The Morgan fingerprint density at radius 2 is 2.00 bits per heavy atom. The first kappa shape index (κ1) is 13.9. The molecular formula is C11H24N2O2S. The molecule has 1 aliphatic rings. The van der Waals surface area contributed by atoms with E-state index in [1.165, 1.54) is 23.6 Å². The van der Waals surface area contributed by atoms with Crippen LogP contribution in [0.3, 0.4) is 0 Å². The van der Waals surface area contributed by atoms with Crippen molar-refractivity contribution in [3.05, 3.63) is 0 Å². The van der Waals surface area contributed by atoms with Gasteiger partial charge in [0.2, 0.25) is 10.0 Å². The fourth-order valence-corrected chi connectivity index (χ4v) is 2.91. The molecule has 16 heavy (non-hydrogen) atoms. The first-order chi connectivity index (χ1) is 7.42. The molecule has 0 aromatic rings. The van der Waals surface area contributed by atoms with Crippen molar-refractivity contribution in [1.29, 1.82) is 0 Å². The molecule has 5 heteroatoms. The molecule has 1 aliphatic carbocycles. The lowest BCUT2D eigenvalue weighted by molar-refractivity contribution is 0.263. The van der Waals surface area contributed by atoms with Crippen molar-refractivity contribution in [2.45, 2.75) is 39.2 Å². The van der Waals surface area contributed by atoms with E-state index >= 15 is 0 Å². The molecule has 0 amide bonds. The molecule has 1 saturated carbocycles. The van der Waals surface area contributed by atoms with Crippen molar-refractivity contribution < 1.29 is 8.42 Å². The molecule has 1 rings (SSSR count). The van der Waals surface area contributed by atoms with E-state index in [4.69, 9.17) is 0 Å². The van der Waals surface area contributed by atoms with Gasteiger partial charge >= 0.3 is 0 Å². The van der Waals surface area contributed by atoms with Crippen LogP contribution < -0.4 is 5.32 Å². The van der Waals surface area contributed by atoms with Crippen molar-refractivity contribution in [3.63, 3.8) is 0 Å². The van der Waals surface area contributed by atoms with E-state index in [1.807, 2.05) is 13.8 Å². The zero-order chi connectivity index (χ0) is 12.2. The third-order valence-electron chi connectivity index (χ3n) is 3.13. The van der Waals surface area contributed by atoms with Crippen LogP contribution in [0.1, 0.15) is 33.1 Å². The van der Waals surface area contributed by atoms with Crippen LogP contribution in [-0.4, -0.2) is 44.7 Å². The van der Waals surface area contributed by atoms with Crippen molar-refractivity contribution in [2.24, 2.45) is 5.92 Å². The van der Waals surface area contributed by atoms with Crippen LogP contribution in [0.15, 0.2) is 0 Å². The Labute approximate surface area is 99.5 Å². The Balaban J connectivity index is 2.30. The standard InChI is InChI=1S/C11H24N2O2S/c1-10(2)12-7-8-16(14,15)13(3)9-11-5-4-6-11/h10-12H,4-9H2,1-3H3. The summed E-state index contributed by atoms with van der Waals surface area (Å²) in [6, 6.07) is 0.340. The topological polar surface area (TPSA) is 49.4 Å². The minimum atomic E-state index is -3.06. The van der Waals surface area contributed by atoms with Gasteiger partial charge in [-0.3, -0.25) is 0 Å². The Morgan fingerprint density at radius 1 is 1.38 bits per heavy atom. The Morgan fingerprint density at radius 3 is 2.44 bits per heavy atom. The average Bonchev–Trinajstić information content (AvgIpc) is 2.09. The molecule has 0 aromatic heterocycles. The summed E-state index contributed by atoms with van der Waals surface area (Å²) in [6.45, 7) is 5.27. The van der Waals surface area contributed by atoms with Crippen LogP contribution in [-0.2, 0) is 10.0 Å². The predicted octanol–water partition coefficient (Wildman–Crippen LogP) is 1.05. The maximum Gasteiger partial charge on any atom is 0.215 e. The minimum absolute atomic E-state index is 0.203. The molecule has 0 saturated heterocycles. The highest BCUT2D eigenvalue weighted by Gasteiger charge is 2.24. The lowest BCUT2D eigenvalue weighted by atomic mass is 9.86. The van der Waals surface area contributed by atoms with Gasteiger partial charge in [0.1, 0.15) is 0 Å². The molecule has 0 radical (unpaired) electrons. The summed E-state index contributed by atoms with van der Waals surface area (Å²) in [5, 5.41) is 3.13. The van der Waals surface area contributed by atoms with Crippen molar-refractivity contribution >= 4 is 10.0 Å². The monoisotopic (exact) mass is 248 g/mol. The molecule has 4 nitrogen and oxygen atoms in total. The molecule has 0 atom stereocenters. The Kier molecular flexibility index (Phi) is 5.21. The van der Waals surface area contributed by atoms with Gasteiger partial charge in [0.25, 0.3) is 0 Å². The molecular weight excluding hydrogens is 224 g/mol. The van der Waals surface area contributed by atoms with Gasteiger partial charge in [-0.05, 0) is 18.8 Å². The van der Waals surface area contributed by atoms with E-state index in [2.05, 4.69) is 5.32 Å². The zero-order valence-electron chi connectivity index (χ0n) is 10.6. The fourth-order valence-electron chi connectivity index (χ4n) is 1.78. The summed E-state index contributed by atoms with van der Waals surface area (Å²) in [5.41, 5.74) is 0. The summed E-state index contributed by atoms with van der Waals surface area (Å²) >= 11 is 0. The second-order valence-corrected chi connectivity index (χ2v) is 7.20. The van der Waals surface area contributed by atoms with E-state index in [9.17, 15) is 8.42 Å². The third-order valence-corrected chi connectivity index (χ3v) is 4.95. The normalized spacial score (nSPS) is 18.1. The van der Waals surface area contributed by atoms with Gasteiger partial charge in [-0.2, -0.15) is 0 Å². The molecule has 96 valence electrons. The van der Waals surface area contributed by atoms with E-state index in [0.717, 1.165) is 0 Å². The van der Waals surface area contributed by atoms with Crippen molar-refractivity contribution in [3.8, 4) is 0 Å². The van der Waals surface area contributed by atoms with E-state index in [-0.39, 0.29) is 5.75 Å². The minimum Gasteiger partial charge on any atom is -0.313 e. The van der Waals surface area contributed by atoms with Crippen LogP contribution >= 0.6 is 0 Å². The zero-order valence-corrected chi connectivity index (χ0v) is 11.4. The van der Waals surface area contributed by atoms with Gasteiger partial charge < -0.3 is 5.32 Å². The second kappa shape index (κ2) is 5.98. The summed E-state index contributed by atoms with van der Waals surface area (Å²) in [4.78, 5) is 0. The van der Waals surface area contributed by atoms with Gasteiger partial charge in [0, 0.05) is 26.2 Å². The highest BCUT2D eigenvalue weighted by atomic mass is 32.2. The summed E-state index contributed by atoms with van der Waals surface area (Å²) in [7, 11) is -1.36. The number of sulfonamides is 1. The number of nitrogens with one attached hydrogen (secondary N) is 1. The number of hydrogen-bond acceptors (Lipinski definition) is 3. The summed E-state index contributed by atoms with van der Waals surface area (Å²) < 4.78 is 25.3. The van der Waals surface area contributed by atoms with Gasteiger partial charge in [0.15, 0.2) is 0 Å². The molecule has 0 spiro atoms. The number of nitrogens with zero attached hydrogens (tertiary/aromatic N) is 1. The second-order valence-electron chi connectivity index (χ2n) is 5.00. The van der Waals surface area contributed by atoms with Crippen molar-refractivity contribution in [2.75, 3.05) is 25.9 Å². The molecule has 0 unspecified atom stereocenters. The first-order valence-electron chi connectivity index (χ1n) is 6.09. The van der Waals surface area contributed by atoms with Gasteiger partial charge in [-0.25, -0.2) is 12.7 Å². The molecule has 0 bridgehead atoms. The molecule has 0 aliphatic heterocycles. The summed E-state index contributed by atoms with van der Waals surface area (Å²) in [5.74, 6) is 0.798. The Hall–Kier alpha value is -0.130. The predicted molar refractivity (Wildman–Crippen MR) is 66.9 cm³/mol. The van der Waals surface area contributed by atoms with E-state index in [0.29, 0.717) is 25.0 Å². The van der Waals surface area contributed by atoms with Gasteiger partial charge in [0.05, 0.1) is 5.75 Å². The largest absolute Gasteiger partial charge is 0.313 e. The first-order valence-corrected chi connectivity index (χ1v) is 7.70. The lowest BCUT2D eigenvalue weighted by Crippen LogP contribution is -2.39. The number of hydrogen-bond donors (Lipinski definition) is 1. The SMILES string of the molecule is CC(C)NCCS(=O)(=O)N(C)CC1CCC1. The smallest absolute Gasteiger partial charge is 0.215 e. The quantitative estimate of drug-likeness (QED) is 0.732. The van der Waals surface area contributed by atoms with Crippen LogP contribution in [0.4, 0.5) is 0 Å². The fraction of sp³-hybridized carbons (Fsp3) is 1.00. The number of rotatable bonds is 7.